The first kappa shape index (κ1) is 15.8. The van der Waals surface area contributed by atoms with Crippen LogP contribution in [0.1, 0.15) is 12.5 Å². The Morgan fingerprint density at radius 1 is 1.39 bits per heavy atom. The molecule has 118 valence electrons. The molecule has 1 fully saturated rings. The monoisotopic (exact) mass is 346 g/mol. The van der Waals surface area contributed by atoms with Crippen molar-refractivity contribution in [2.75, 3.05) is 0 Å². The van der Waals surface area contributed by atoms with Crippen LogP contribution in [0.4, 0.5) is 0 Å². The summed E-state index contributed by atoms with van der Waals surface area (Å²) in [4.78, 5) is 25.2. The van der Waals surface area contributed by atoms with E-state index in [0.29, 0.717) is 4.91 Å². The summed E-state index contributed by atoms with van der Waals surface area (Å²) in [5.41, 5.74) is 1.97. The molecule has 0 bridgehead atoms. The maximum Gasteiger partial charge on any atom is 0.326 e. The highest BCUT2D eigenvalue weighted by atomic mass is 32.2. The topological polar surface area (TPSA) is 62.5 Å². The van der Waals surface area contributed by atoms with Gasteiger partial charge in [0, 0.05) is 29.7 Å². The fourth-order valence-corrected chi connectivity index (χ4v) is 3.96. The van der Waals surface area contributed by atoms with E-state index in [0.717, 1.165) is 33.1 Å². The first-order chi connectivity index (χ1) is 10.9. The highest BCUT2D eigenvalue weighted by molar-refractivity contribution is 8.26. The molecule has 0 unspecified atom stereocenters. The van der Waals surface area contributed by atoms with Crippen molar-refractivity contribution < 1.29 is 14.7 Å². The van der Waals surface area contributed by atoms with Crippen LogP contribution in [0.3, 0.4) is 0 Å². The molecule has 3 rings (SSSR count). The Hall–Kier alpha value is -2.12. The summed E-state index contributed by atoms with van der Waals surface area (Å²) in [6, 6.07) is 6.92. The fraction of sp³-hybridized carbons (Fsp3) is 0.188. The molecule has 7 heteroatoms. The van der Waals surface area contributed by atoms with Crippen LogP contribution >= 0.6 is 24.0 Å². The number of fused-ring (bicyclic) bond motifs is 1. The fourth-order valence-electron chi connectivity index (χ4n) is 2.55. The van der Waals surface area contributed by atoms with E-state index in [9.17, 15) is 9.59 Å². The number of carbonyl (C=O) groups excluding carboxylic acids is 1. The van der Waals surface area contributed by atoms with Gasteiger partial charge in [0.15, 0.2) is 0 Å². The van der Waals surface area contributed by atoms with Crippen LogP contribution in [0.2, 0.25) is 0 Å². The molecular weight excluding hydrogens is 332 g/mol. The lowest BCUT2D eigenvalue weighted by Gasteiger charge is -2.18. The van der Waals surface area contributed by atoms with E-state index in [1.54, 1.807) is 6.08 Å². The third-order valence-electron chi connectivity index (χ3n) is 3.78. The van der Waals surface area contributed by atoms with Gasteiger partial charge in [-0.15, -0.1) is 0 Å². The smallest absolute Gasteiger partial charge is 0.326 e. The van der Waals surface area contributed by atoms with Crippen molar-refractivity contribution >= 4 is 57.2 Å². The van der Waals surface area contributed by atoms with Gasteiger partial charge in [0.25, 0.3) is 5.91 Å². The van der Waals surface area contributed by atoms with Crippen molar-refractivity contribution in [3.05, 3.63) is 40.9 Å². The maximum absolute atomic E-state index is 12.5. The number of rotatable bonds is 3. The van der Waals surface area contributed by atoms with Gasteiger partial charge in [-0.2, -0.15) is 0 Å². The number of hydrogen-bond donors (Lipinski definition) is 1. The summed E-state index contributed by atoms with van der Waals surface area (Å²) in [7, 11) is 1.94. The number of para-hydroxylation sites is 1. The number of carboxylic acids is 1. The van der Waals surface area contributed by atoms with Crippen LogP contribution < -0.4 is 0 Å². The van der Waals surface area contributed by atoms with Gasteiger partial charge in [0.2, 0.25) is 0 Å². The van der Waals surface area contributed by atoms with Gasteiger partial charge < -0.3 is 9.67 Å². The first-order valence-electron chi connectivity index (χ1n) is 6.94. The van der Waals surface area contributed by atoms with Crippen molar-refractivity contribution in [3.63, 3.8) is 0 Å². The summed E-state index contributed by atoms with van der Waals surface area (Å²) in [6.07, 6.45) is 3.72. The average molecular weight is 346 g/mol. The molecule has 1 aromatic heterocycles. The number of thiocarbonyl (C=S) groups is 1. The van der Waals surface area contributed by atoms with Gasteiger partial charge in [-0.1, -0.05) is 42.2 Å². The Bertz CT molecular complexity index is 869. The zero-order chi connectivity index (χ0) is 16.7. The summed E-state index contributed by atoms with van der Waals surface area (Å²) in [5, 5.41) is 10.1. The SMILES string of the molecule is C[C@@H](C(=O)O)N1C(=O)/C(=C/c2cn(C)c3ccccc23)SC1=S. The number of aryl methyl sites for hydroxylation is 1. The van der Waals surface area contributed by atoms with Crippen LogP contribution in [-0.2, 0) is 16.6 Å². The second-order valence-corrected chi connectivity index (χ2v) is 6.95. The van der Waals surface area contributed by atoms with Crippen molar-refractivity contribution in [2.24, 2.45) is 7.05 Å². The molecule has 0 saturated carbocycles. The molecule has 2 aromatic rings. The van der Waals surface area contributed by atoms with Crippen LogP contribution in [-0.4, -0.2) is 36.8 Å². The lowest BCUT2D eigenvalue weighted by atomic mass is 10.1. The third kappa shape index (κ3) is 2.66. The molecule has 2 heterocycles. The van der Waals surface area contributed by atoms with Crippen molar-refractivity contribution in [1.82, 2.24) is 9.47 Å². The second-order valence-electron chi connectivity index (χ2n) is 5.28. The molecule has 1 aromatic carbocycles. The molecule has 0 aliphatic carbocycles. The largest absolute Gasteiger partial charge is 0.480 e. The minimum atomic E-state index is -1.08. The molecule has 1 amide bonds. The molecule has 1 saturated heterocycles. The number of amides is 1. The molecule has 0 spiro atoms. The Morgan fingerprint density at radius 3 is 2.78 bits per heavy atom. The molecule has 0 radical (unpaired) electrons. The number of carboxylic acid groups (broad SMARTS) is 1. The number of benzene rings is 1. The van der Waals surface area contributed by atoms with Crippen LogP contribution in [0.25, 0.3) is 17.0 Å². The Balaban J connectivity index is 2.02. The van der Waals surface area contributed by atoms with Crippen LogP contribution in [0.15, 0.2) is 35.4 Å². The summed E-state index contributed by atoms with van der Waals surface area (Å²) >= 11 is 6.30. The summed E-state index contributed by atoms with van der Waals surface area (Å²) < 4.78 is 2.26. The number of nitrogens with zero attached hydrogens (tertiary/aromatic N) is 2. The summed E-state index contributed by atoms with van der Waals surface area (Å²) in [5.74, 6) is -1.43. The van der Waals surface area contributed by atoms with E-state index in [2.05, 4.69) is 0 Å². The maximum atomic E-state index is 12.5. The summed E-state index contributed by atoms with van der Waals surface area (Å²) in [6.45, 7) is 1.45. The normalized spacial score (nSPS) is 18.2. The first-order valence-corrected chi connectivity index (χ1v) is 8.16. The number of hydrogen-bond acceptors (Lipinski definition) is 4. The third-order valence-corrected chi connectivity index (χ3v) is 5.11. The van der Waals surface area contributed by atoms with Gasteiger partial charge in [0.05, 0.1) is 4.91 Å². The number of aromatic nitrogens is 1. The average Bonchev–Trinajstić information content (AvgIpc) is 2.97. The van der Waals surface area contributed by atoms with Crippen molar-refractivity contribution in [1.29, 1.82) is 0 Å². The highest BCUT2D eigenvalue weighted by Gasteiger charge is 2.38. The molecular formula is C16H14N2O3S2. The van der Waals surface area contributed by atoms with Gasteiger partial charge in [-0.25, -0.2) is 4.79 Å². The second kappa shape index (κ2) is 5.82. The zero-order valence-corrected chi connectivity index (χ0v) is 14.1. The van der Waals surface area contributed by atoms with E-state index < -0.39 is 12.0 Å². The molecule has 1 N–H and O–H groups in total. The quantitative estimate of drug-likeness (QED) is 0.684. The van der Waals surface area contributed by atoms with Crippen LogP contribution in [0, 0.1) is 0 Å². The number of aliphatic carboxylic acids is 1. The van der Waals surface area contributed by atoms with Gasteiger partial charge in [0.1, 0.15) is 10.4 Å². The molecule has 1 aliphatic heterocycles. The predicted molar refractivity (Wildman–Crippen MR) is 95.0 cm³/mol. The van der Waals surface area contributed by atoms with E-state index in [1.807, 2.05) is 42.1 Å². The van der Waals surface area contributed by atoms with E-state index >= 15 is 0 Å². The Labute approximate surface area is 142 Å². The van der Waals surface area contributed by atoms with E-state index in [4.69, 9.17) is 17.3 Å². The van der Waals surface area contributed by atoms with Gasteiger partial charge >= 0.3 is 5.97 Å². The molecule has 1 atom stereocenters. The minimum absolute atomic E-state index is 0.274. The molecule has 23 heavy (non-hydrogen) atoms. The van der Waals surface area contributed by atoms with Gasteiger partial charge in [-0.3, -0.25) is 9.69 Å². The lowest BCUT2D eigenvalue weighted by Crippen LogP contribution is -2.41. The van der Waals surface area contributed by atoms with E-state index in [1.165, 1.54) is 6.92 Å². The molecule has 1 aliphatic rings. The number of thioether (sulfide) groups is 1. The predicted octanol–water partition coefficient (Wildman–Crippen LogP) is 2.85. The zero-order valence-electron chi connectivity index (χ0n) is 12.5. The van der Waals surface area contributed by atoms with Gasteiger partial charge in [-0.05, 0) is 19.1 Å². The minimum Gasteiger partial charge on any atom is -0.480 e. The van der Waals surface area contributed by atoms with Crippen molar-refractivity contribution in [2.45, 2.75) is 13.0 Å². The van der Waals surface area contributed by atoms with Crippen molar-refractivity contribution in [3.8, 4) is 0 Å². The highest BCUT2D eigenvalue weighted by Crippen LogP contribution is 2.35. The number of carbonyl (C=O) groups is 2. The lowest BCUT2D eigenvalue weighted by molar-refractivity contribution is -0.144. The molecule has 5 nitrogen and oxygen atoms in total. The Morgan fingerprint density at radius 2 is 2.09 bits per heavy atom. The Kier molecular flexibility index (Phi) is 3.99. The van der Waals surface area contributed by atoms with E-state index in [-0.39, 0.29) is 10.2 Å². The standard InChI is InChI=1S/C16H14N2O3S2/c1-9(15(20)21)18-14(19)13(23-16(18)22)7-10-8-17(2)12-6-4-3-5-11(10)12/h3-9H,1-2H3,(H,20,21)/b13-7-/t9-/m0/s1. The van der Waals surface area contributed by atoms with Crippen LogP contribution in [0.5, 0.6) is 0 Å².